The molecule has 0 saturated carbocycles. The molecule has 150 valence electrons. The van der Waals surface area contributed by atoms with Gasteiger partial charge in [0.25, 0.3) is 0 Å². The van der Waals surface area contributed by atoms with Gasteiger partial charge in [-0.15, -0.1) is 0 Å². The van der Waals surface area contributed by atoms with E-state index in [1.54, 1.807) is 7.05 Å². The van der Waals surface area contributed by atoms with Crippen LogP contribution in [0.3, 0.4) is 0 Å². The van der Waals surface area contributed by atoms with Crippen molar-refractivity contribution in [2.75, 3.05) is 51.8 Å². The molecular weight excluding hydrogens is 349 g/mol. The fraction of sp³-hybridized carbons (Fsp3) is 0.579. The second-order valence-corrected chi connectivity index (χ2v) is 6.82. The summed E-state index contributed by atoms with van der Waals surface area (Å²) in [5, 5.41) is 9.02. The smallest absolute Gasteiger partial charge is 0.243 e. The van der Waals surface area contributed by atoms with Crippen molar-refractivity contribution in [1.82, 2.24) is 15.5 Å². The predicted octanol–water partition coefficient (Wildman–Crippen LogP) is 1.29. The number of nitrogens with zero attached hydrogens (tertiary/aromatic N) is 2. The third-order valence-corrected chi connectivity index (χ3v) is 4.53. The molecule has 1 atom stereocenters. The molecule has 0 radical (unpaired) electrons. The number of ether oxygens (including phenoxy) is 1. The van der Waals surface area contributed by atoms with Crippen molar-refractivity contribution in [1.29, 1.82) is 0 Å². The van der Waals surface area contributed by atoms with Crippen LogP contribution < -0.4 is 16.0 Å². The Morgan fingerprint density at radius 2 is 1.89 bits per heavy atom. The zero-order chi connectivity index (χ0) is 19.6. The van der Waals surface area contributed by atoms with Crippen molar-refractivity contribution in [3.8, 4) is 0 Å². The van der Waals surface area contributed by atoms with E-state index in [0.29, 0.717) is 23.6 Å². The first kappa shape index (κ1) is 21.1. The lowest BCUT2D eigenvalue weighted by atomic mass is 10.0. The molecule has 2 rings (SSSR count). The van der Waals surface area contributed by atoms with Crippen molar-refractivity contribution in [3.63, 3.8) is 0 Å². The third kappa shape index (κ3) is 7.15. The molecule has 0 aromatic heterocycles. The molecule has 1 fully saturated rings. The molecule has 1 aromatic carbocycles. The summed E-state index contributed by atoms with van der Waals surface area (Å²) in [6.45, 7) is 8.59. The van der Waals surface area contributed by atoms with Crippen LogP contribution in [0, 0.1) is 11.7 Å². The number of nitrogens with one attached hydrogen (secondary N) is 3. The second kappa shape index (κ2) is 10.8. The highest BCUT2D eigenvalue weighted by Crippen LogP contribution is 2.12. The van der Waals surface area contributed by atoms with Crippen LogP contribution in [0.2, 0.25) is 0 Å². The number of anilines is 1. The number of guanidine groups is 1. The summed E-state index contributed by atoms with van der Waals surface area (Å²) in [7, 11) is 1.67. The average molecular weight is 379 g/mol. The number of aliphatic imine (C=N–C) groups is 1. The molecule has 1 aliphatic rings. The van der Waals surface area contributed by atoms with Gasteiger partial charge in [0.1, 0.15) is 5.82 Å². The molecule has 8 heteroatoms. The fourth-order valence-corrected chi connectivity index (χ4v) is 3.02. The summed E-state index contributed by atoms with van der Waals surface area (Å²) in [5.74, 6) is 0.493. The number of hydrogen-bond acceptors (Lipinski definition) is 4. The van der Waals surface area contributed by atoms with Gasteiger partial charge in [-0.05, 0) is 30.2 Å². The van der Waals surface area contributed by atoms with Gasteiger partial charge in [-0.25, -0.2) is 4.39 Å². The SMILES string of the molecule is CN=C(NCC(=O)Nc1ccc(F)cc1)NCC(C(C)C)N1CCOCC1. The van der Waals surface area contributed by atoms with E-state index >= 15 is 0 Å². The largest absolute Gasteiger partial charge is 0.379 e. The van der Waals surface area contributed by atoms with E-state index in [1.165, 1.54) is 24.3 Å². The summed E-state index contributed by atoms with van der Waals surface area (Å²) in [6.07, 6.45) is 0. The van der Waals surface area contributed by atoms with Crippen LogP contribution in [-0.4, -0.2) is 69.2 Å². The standard InChI is InChI=1S/C19H30FN5O2/c1-14(2)17(25-8-10-27-11-9-25)12-22-19(21-3)23-13-18(26)24-16-6-4-15(20)5-7-16/h4-7,14,17H,8-13H2,1-3H3,(H,24,26)(H2,21,22,23). The zero-order valence-corrected chi connectivity index (χ0v) is 16.3. The van der Waals surface area contributed by atoms with Gasteiger partial charge in [-0.2, -0.15) is 0 Å². The molecule has 1 saturated heterocycles. The topological polar surface area (TPSA) is 78.0 Å². The summed E-state index contributed by atoms with van der Waals surface area (Å²) < 4.78 is 18.3. The van der Waals surface area contributed by atoms with Crippen LogP contribution >= 0.6 is 0 Å². The molecule has 1 amide bonds. The molecule has 1 aromatic rings. The summed E-state index contributed by atoms with van der Waals surface area (Å²) in [6, 6.07) is 6.02. The number of carbonyl (C=O) groups excluding carboxylic acids is 1. The Labute approximate surface area is 160 Å². The van der Waals surface area contributed by atoms with Crippen molar-refractivity contribution in [3.05, 3.63) is 30.1 Å². The molecule has 0 bridgehead atoms. The van der Waals surface area contributed by atoms with Gasteiger partial charge in [-0.3, -0.25) is 14.7 Å². The summed E-state index contributed by atoms with van der Waals surface area (Å²) in [5.41, 5.74) is 0.554. The normalized spacial score (nSPS) is 16.9. The second-order valence-electron chi connectivity index (χ2n) is 6.82. The van der Waals surface area contributed by atoms with E-state index < -0.39 is 0 Å². The minimum atomic E-state index is -0.337. The maximum atomic E-state index is 12.9. The van der Waals surface area contributed by atoms with Crippen LogP contribution in [0.1, 0.15) is 13.8 Å². The van der Waals surface area contributed by atoms with Crippen LogP contribution in [0.25, 0.3) is 0 Å². The molecule has 1 heterocycles. The molecule has 27 heavy (non-hydrogen) atoms. The van der Waals surface area contributed by atoms with Crippen LogP contribution in [0.4, 0.5) is 10.1 Å². The maximum Gasteiger partial charge on any atom is 0.243 e. The van der Waals surface area contributed by atoms with Crippen molar-refractivity contribution in [2.45, 2.75) is 19.9 Å². The first-order valence-electron chi connectivity index (χ1n) is 9.31. The molecule has 0 aliphatic carbocycles. The first-order chi connectivity index (χ1) is 13.0. The van der Waals surface area contributed by atoms with Crippen LogP contribution in [0.5, 0.6) is 0 Å². The zero-order valence-electron chi connectivity index (χ0n) is 16.3. The van der Waals surface area contributed by atoms with E-state index in [2.05, 4.69) is 39.7 Å². The van der Waals surface area contributed by atoms with Crippen molar-refractivity contribution < 1.29 is 13.9 Å². The number of rotatable bonds is 7. The molecular formula is C19H30FN5O2. The lowest BCUT2D eigenvalue weighted by Crippen LogP contribution is -2.53. The Bertz CT molecular complexity index is 615. The van der Waals surface area contributed by atoms with E-state index in [9.17, 15) is 9.18 Å². The van der Waals surface area contributed by atoms with Crippen molar-refractivity contribution in [2.24, 2.45) is 10.9 Å². The first-order valence-corrected chi connectivity index (χ1v) is 9.31. The minimum Gasteiger partial charge on any atom is -0.379 e. The number of halogens is 1. The maximum absolute atomic E-state index is 12.9. The van der Waals surface area contributed by atoms with Crippen LogP contribution in [-0.2, 0) is 9.53 Å². The Morgan fingerprint density at radius 3 is 2.48 bits per heavy atom. The Morgan fingerprint density at radius 1 is 1.22 bits per heavy atom. The predicted molar refractivity (Wildman–Crippen MR) is 105 cm³/mol. The Balaban J connectivity index is 1.78. The summed E-state index contributed by atoms with van der Waals surface area (Å²) >= 11 is 0. The third-order valence-electron chi connectivity index (χ3n) is 4.53. The highest BCUT2D eigenvalue weighted by molar-refractivity contribution is 5.94. The van der Waals surface area contributed by atoms with Crippen molar-refractivity contribution >= 4 is 17.6 Å². The average Bonchev–Trinajstić information content (AvgIpc) is 2.67. The van der Waals surface area contributed by atoms with Gasteiger partial charge in [0.15, 0.2) is 5.96 Å². The molecule has 1 aliphatic heterocycles. The monoisotopic (exact) mass is 379 g/mol. The van der Waals surface area contributed by atoms with E-state index in [0.717, 1.165) is 32.8 Å². The van der Waals surface area contributed by atoms with Gasteiger partial charge >= 0.3 is 0 Å². The van der Waals surface area contributed by atoms with Gasteiger partial charge in [0.05, 0.1) is 19.8 Å². The van der Waals surface area contributed by atoms with E-state index in [1.807, 2.05) is 0 Å². The molecule has 7 nitrogen and oxygen atoms in total. The fourth-order valence-electron chi connectivity index (χ4n) is 3.02. The highest BCUT2D eigenvalue weighted by Gasteiger charge is 2.23. The number of carbonyl (C=O) groups is 1. The van der Waals surface area contributed by atoms with Gasteiger partial charge in [0.2, 0.25) is 5.91 Å². The molecule has 1 unspecified atom stereocenters. The Kier molecular flexibility index (Phi) is 8.47. The van der Waals surface area contributed by atoms with E-state index in [4.69, 9.17) is 4.74 Å². The quantitative estimate of drug-likeness (QED) is 0.492. The lowest BCUT2D eigenvalue weighted by Gasteiger charge is -2.37. The van der Waals surface area contributed by atoms with E-state index in [-0.39, 0.29) is 18.3 Å². The number of hydrogen-bond donors (Lipinski definition) is 3. The minimum absolute atomic E-state index is 0.0704. The lowest BCUT2D eigenvalue weighted by molar-refractivity contribution is -0.115. The van der Waals surface area contributed by atoms with Crippen LogP contribution in [0.15, 0.2) is 29.3 Å². The molecule has 0 spiro atoms. The molecule has 3 N–H and O–H groups in total. The van der Waals surface area contributed by atoms with Gasteiger partial charge in [-0.1, -0.05) is 13.8 Å². The Hall–Kier alpha value is -2.19. The van der Waals surface area contributed by atoms with Gasteiger partial charge in [0, 0.05) is 38.4 Å². The highest BCUT2D eigenvalue weighted by atomic mass is 19.1. The summed E-state index contributed by atoms with van der Waals surface area (Å²) in [4.78, 5) is 18.6. The number of benzene rings is 1. The number of morpholine rings is 1. The number of amides is 1. The van der Waals surface area contributed by atoms with Gasteiger partial charge < -0.3 is 20.7 Å².